The van der Waals surface area contributed by atoms with Crippen LogP contribution in [0.25, 0.3) is 11.0 Å². The maximum absolute atomic E-state index is 12.2. The number of benzene rings is 1. The predicted molar refractivity (Wildman–Crippen MR) is 71.1 cm³/mol. The molecule has 1 aromatic carbocycles. The zero-order valence-corrected chi connectivity index (χ0v) is 11.6. The monoisotopic (exact) mass is 283 g/mol. The Morgan fingerprint density at radius 1 is 1.21 bits per heavy atom. The van der Waals surface area contributed by atoms with Crippen LogP contribution < -0.4 is 4.72 Å². The Morgan fingerprint density at radius 3 is 2.84 bits per heavy atom. The molecule has 0 amide bonds. The molecule has 1 heterocycles. The molecule has 0 saturated heterocycles. The molecule has 0 atom stereocenters. The number of nitrogens with zero attached hydrogens (tertiary/aromatic N) is 2. The van der Waals surface area contributed by atoms with E-state index in [4.69, 9.17) is 0 Å². The predicted octanol–water partition coefficient (Wildman–Crippen LogP) is 2.08. The van der Waals surface area contributed by atoms with Crippen LogP contribution in [0.15, 0.2) is 27.7 Å². The standard InChI is InChI=1S/C12H17N3O3S/c1-2-3-4-5-9-13-19(16,17)11-8-6-7-10-12(11)15-18-14-10/h6-8,13H,2-5,9H2,1H3. The molecule has 1 aromatic heterocycles. The third-order valence-electron chi connectivity index (χ3n) is 2.86. The van der Waals surface area contributed by atoms with E-state index < -0.39 is 10.0 Å². The number of sulfonamides is 1. The highest BCUT2D eigenvalue weighted by Gasteiger charge is 2.19. The molecule has 0 saturated carbocycles. The molecule has 0 radical (unpaired) electrons. The number of aromatic nitrogens is 2. The third-order valence-corrected chi connectivity index (χ3v) is 4.35. The van der Waals surface area contributed by atoms with E-state index in [1.165, 1.54) is 6.07 Å². The maximum atomic E-state index is 12.2. The van der Waals surface area contributed by atoms with Crippen LogP contribution in [0.1, 0.15) is 32.6 Å². The van der Waals surface area contributed by atoms with Crippen LogP contribution in [0, 0.1) is 0 Å². The van der Waals surface area contributed by atoms with Gasteiger partial charge in [-0.25, -0.2) is 17.8 Å². The second-order valence-corrected chi connectivity index (χ2v) is 6.08. The summed E-state index contributed by atoms with van der Waals surface area (Å²) in [5.74, 6) is 0. The van der Waals surface area contributed by atoms with Crippen molar-refractivity contribution in [2.24, 2.45) is 0 Å². The lowest BCUT2D eigenvalue weighted by atomic mass is 10.2. The first-order valence-electron chi connectivity index (χ1n) is 6.36. The largest absolute Gasteiger partial charge is 0.243 e. The van der Waals surface area contributed by atoms with Crippen molar-refractivity contribution in [1.29, 1.82) is 0 Å². The number of fused-ring (bicyclic) bond motifs is 1. The van der Waals surface area contributed by atoms with Gasteiger partial charge in [0.05, 0.1) is 0 Å². The molecule has 1 N–H and O–H groups in total. The zero-order valence-electron chi connectivity index (χ0n) is 10.8. The van der Waals surface area contributed by atoms with E-state index in [0.717, 1.165) is 25.7 Å². The highest BCUT2D eigenvalue weighted by atomic mass is 32.2. The van der Waals surface area contributed by atoms with Gasteiger partial charge < -0.3 is 0 Å². The number of rotatable bonds is 7. The number of hydrogen-bond acceptors (Lipinski definition) is 5. The summed E-state index contributed by atoms with van der Waals surface area (Å²) < 4.78 is 31.5. The molecule has 0 bridgehead atoms. The lowest BCUT2D eigenvalue weighted by Gasteiger charge is -2.06. The van der Waals surface area contributed by atoms with Gasteiger partial charge in [0.15, 0.2) is 5.52 Å². The highest BCUT2D eigenvalue weighted by molar-refractivity contribution is 7.89. The van der Waals surface area contributed by atoms with Gasteiger partial charge in [-0.05, 0) is 28.9 Å². The van der Waals surface area contributed by atoms with Crippen molar-refractivity contribution in [2.75, 3.05) is 6.54 Å². The van der Waals surface area contributed by atoms with Gasteiger partial charge in [0.25, 0.3) is 0 Å². The fourth-order valence-electron chi connectivity index (χ4n) is 1.83. The SMILES string of the molecule is CCCCCCNS(=O)(=O)c1cccc2nonc12. The minimum absolute atomic E-state index is 0.113. The molecule has 2 rings (SSSR count). The lowest BCUT2D eigenvalue weighted by molar-refractivity contribution is 0.315. The van der Waals surface area contributed by atoms with Gasteiger partial charge in [-0.2, -0.15) is 0 Å². The van der Waals surface area contributed by atoms with Crippen molar-refractivity contribution < 1.29 is 13.0 Å². The quantitative estimate of drug-likeness (QED) is 0.786. The van der Waals surface area contributed by atoms with E-state index in [-0.39, 0.29) is 10.4 Å². The summed E-state index contributed by atoms with van der Waals surface area (Å²) in [6.07, 6.45) is 4.09. The molecule has 0 aliphatic carbocycles. The van der Waals surface area contributed by atoms with Crippen molar-refractivity contribution in [2.45, 2.75) is 37.5 Å². The summed E-state index contributed by atoms with van der Waals surface area (Å²) in [4.78, 5) is 0.113. The van der Waals surface area contributed by atoms with Crippen LogP contribution in [0.2, 0.25) is 0 Å². The first-order chi connectivity index (χ1) is 9.15. The Balaban J connectivity index is 2.09. The van der Waals surface area contributed by atoms with Crippen molar-refractivity contribution in [1.82, 2.24) is 15.0 Å². The first-order valence-corrected chi connectivity index (χ1v) is 7.84. The molecule has 0 spiro atoms. The first kappa shape index (κ1) is 14.0. The average molecular weight is 283 g/mol. The molecule has 7 heteroatoms. The Bertz CT molecular complexity index is 636. The summed E-state index contributed by atoms with van der Waals surface area (Å²) in [6, 6.07) is 4.78. The normalized spacial score (nSPS) is 12.1. The summed E-state index contributed by atoms with van der Waals surface area (Å²) in [5, 5.41) is 7.27. The molecular weight excluding hydrogens is 266 g/mol. The summed E-state index contributed by atoms with van der Waals surface area (Å²) in [6.45, 7) is 2.55. The fraction of sp³-hybridized carbons (Fsp3) is 0.500. The minimum atomic E-state index is -3.56. The molecule has 104 valence electrons. The number of nitrogens with one attached hydrogen (secondary N) is 1. The van der Waals surface area contributed by atoms with Gasteiger partial charge in [0.1, 0.15) is 10.4 Å². The second kappa shape index (κ2) is 6.12. The highest BCUT2D eigenvalue weighted by Crippen LogP contribution is 2.19. The molecule has 2 aromatic rings. The van der Waals surface area contributed by atoms with E-state index in [9.17, 15) is 8.42 Å². The van der Waals surface area contributed by atoms with Crippen molar-refractivity contribution in [3.05, 3.63) is 18.2 Å². The van der Waals surface area contributed by atoms with E-state index >= 15 is 0 Å². The Labute approximate surface area is 112 Å². The molecule has 0 fully saturated rings. The van der Waals surface area contributed by atoms with Gasteiger partial charge >= 0.3 is 0 Å². The third kappa shape index (κ3) is 3.30. The maximum Gasteiger partial charge on any atom is 0.242 e. The van der Waals surface area contributed by atoms with Crippen molar-refractivity contribution in [3.8, 4) is 0 Å². The fourth-order valence-corrected chi connectivity index (χ4v) is 3.06. The number of unbranched alkanes of at least 4 members (excludes halogenated alkanes) is 3. The Hall–Kier alpha value is -1.47. The van der Waals surface area contributed by atoms with Crippen LogP contribution in [0.4, 0.5) is 0 Å². The van der Waals surface area contributed by atoms with Gasteiger partial charge in [-0.3, -0.25) is 0 Å². The molecule has 6 nitrogen and oxygen atoms in total. The van der Waals surface area contributed by atoms with Crippen LogP contribution in [0.5, 0.6) is 0 Å². The lowest BCUT2D eigenvalue weighted by Crippen LogP contribution is -2.25. The van der Waals surface area contributed by atoms with Crippen LogP contribution in [-0.2, 0) is 10.0 Å². The van der Waals surface area contributed by atoms with E-state index in [0.29, 0.717) is 12.1 Å². The number of hydrogen-bond donors (Lipinski definition) is 1. The molecule has 0 aliphatic rings. The summed E-state index contributed by atoms with van der Waals surface area (Å²) in [7, 11) is -3.56. The Kier molecular flexibility index (Phi) is 4.49. The molecule has 19 heavy (non-hydrogen) atoms. The van der Waals surface area contributed by atoms with Crippen LogP contribution in [-0.4, -0.2) is 25.3 Å². The summed E-state index contributed by atoms with van der Waals surface area (Å²) in [5.41, 5.74) is 0.706. The van der Waals surface area contributed by atoms with E-state index in [1.807, 2.05) is 0 Å². The second-order valence-electron chi connectivity index (χ2n) is 4.35. The Morgan fingerprint density at radius 2 is 2.05 bits per heavy atom. The van der Waals surface area contributed by atoms with Crippen molar-refractivity contribution >= 4 is 21.1 Å². The van der Waals surface area contributed by atoms with Gasteiger partial charge in [-0.15, -0.1) is 0 Å². The average Bonchev–Trinajstić information content (AvgIpc) is 2.86. The zero-order chi connectivity index (χ0) is 13.7. The van der Waals surface area contributed by atoms with E-state index in [1.54, 1.807) is 12.1 Å². The molecule has 0 unspecified atom stereocenters. The molecular formula is C12H17N3O3S. The van der Waals surface area contributed by atoms with Crippen molar-refractivity contribution in [3.63, 3.8) is 0 Å². The smallest absolute Gasteiger partial charge is 0.242 e. The molecule has 0 aliphatic heterocycles. The van der Waals surface area contributed by atoms with Gasteiger partial charge in [-0.1, -0.05) is 32.3 Å². The summed E-state index contributed by atoms with van der Waals surface area (Å²) >= 11 is 0. The van der Waals surface area contributed by atoms with Crippen LogP contribution >= 0.6 is 0 Å². The van der Waals surface area contributed by atoms with Gasteiger partial charge in [0.2, 0.25) is 10.0 Å². The minimum Gasteiger partial charge on any atom is -0.243 e. The van der Waals surface area contributed by atoms with Gasteiger partial charge in [0, 0.05) is 6.54 Å². The van der Waals surface area contributed by atoms with Crippen LogP contribution in [0.3, 0.4) is 0 Å². The topological polar surface area (TPSA) is 85.1 Å². The van der Waals surface area contributed by atoms with E-state index in [2.05, 4.69) is 26.6 Å².